The summed E-state index contributed by atoms with van der Waals surface area (Å²) in [6.07, 6.45) is 1.16. The van der Waals surface area contributed by atoms with Gasteiger partial charge in [0.15, 0.2) is 0 Å². The summed E-state index contributed by atoms with van der Waals surface area (Å²) < 4.78 is 0. The zero-order valence-corrected chi connectivity index (χ0v) is 11.2. The summed E-state index contributed by atoms with van der Waals surface area (Å²) in [5.41, 5.74) is 3.34. The molecule has 0 bridgehead atoms. The molecule has 1 unspecified atom stereocenters. The Labute approximate surface area is 105 Å². The molecule has 17 heavy (non-hydrogen) atoms. The van der Waals surface area contributed by atoms with E-state index in [0.717, 1.165) is 26.1 Å². The van der Waals surface area contributed by atoms with Crippen LogP contribution in [-0.2, 0) is 6.42 Å². The molecule has 0 saturated carbocycles. The van der Waals surface area contributed by atoms with Crippen LogP contribution in [0, 0.1) is 5.41 Å². The van der Waals surface area contributed by atoms with E-state index in [2.05, 4.69) is 55.7 Å². The van der Waals surface area contributed by atoms with Crippen LogP contribution in [0.3, 0.4) is 0 Å². The molecule has 0 spiro atoms. The molecule has 0 radical (unpaired) electrons. The minimum atomic E-state index is 0.355. The van der Waals surface area contributed by atoms with E-state index in [1.807, 2.05) is 0 Å². The van der Waals surface area contributed by atoms with Gasteiger partial charge in [-0.2, -0.15) is 0 Å². The van der Waals surface area contributed by atoms with Crippen molar-refractivity contribution in [1.82, 2.24) is 10.6 Å². The molecule has 0 saturated heterocycles. The van der Waals surface area contributed by atoms with Crippen LogP contribution in [0.15, 0.2) is 24.3 Å². The number of hydrogen-bond donors (Lipinski definition) is 2. The van der Waals surface area contributed by atoms with Crippen molar-refractivity contribution < 1.29 is 0 Å². The van der Waals surface area contributed by atoms with Gasteiger partial charge in [-0.15, -0.1) is 0 Å². The van der Waals surface area contributed by atoms with Gasteiger partial charge in [-0.25, -0.2) is 0 Å². The molecule has 0 fully saturated rings. The van der Waals surface area contributed by atoms with Crippen molar-refractivity contribution in [1.29, 1.82) is 0 Å². The third-order valence-corrected chi connectivity index (χ3v) is 3.22. The van der Waals surface area contributed by atoms with E-state index >= 15 is 0 Å². The van der Waals surface area contributed by atoms with Crippen LogP contribution in [0.1, 0.15) is 37.9 Å². The minimum absolute atomic E-state index is 0.355. The highest BCUT2D eigenvalue weighted by Crippen LogP contribution is 2.22. The fraction of sp³-hybridized carbons (Fsp3) is 0.600. The average molecular weight is 232 g/mol. The normalized spacial score (nSPS) is 20.1. The SMILES string of the molecule is CC(C)(C)CNCC1NCCc2ccccc21. The van der Waals surface area contributed by atoms with Gasteiger partial charge in [0, 0.05) is 19.1 Å². The van der Waals surface area contributed by atoms with Crippen LogP contribution < -0.4 is 10.6 Å². The highest BCUT2D eigenvalue weighted by atomic mass is 15.0. The predicted octanol–water partition coefficient (Wildman–Crippen LogP) is 2.51. The third kappa shape index (κ3) is 3.55. The van der Waals surface area contributed by atoms with E-state index in [1.165, 1.54) is 11.1 Å². The smallest absolute Gasteiger partial charge is 0.0449 e. The topological polar surface area (TPSA) is 24.1 Å². The van der Waals surface area contributed by atoms with E-state index < -0.39 is 0 Å². The Kier molecular flexibility index (Phi) is 3.85. The minimum Gasteiger partial charge on any atom is -0.314 e. The first-order valence-electron chi connectivity index (χ1n) is 6.58. The Balaban J connectivity index is 1.95. The van der Waals surface area contributed by atoms with E-state index in [-0.39, 0.29) is 0 Å². The Hall–Kier alpha value is -0.860. The van der Waals surface area contributed by atoms with Crippen molar-refractivity contribution in [3.8, 4) is 0 Å². The standard InChI is InChI=1S/C15H24N2/c1-15(2,3)11-16-10-14-13-7-5-4-6-12(13)8-9-17-14/h4-7,14,16-17H,8-11H2,1-3H3. The third-order valence-electron chi connectivity index (χ3n) is 3.22. The van der Waals surface area contributed by atoms with Gasteiger partial charge in [0.05, 0.1) is 0 Å². The second kappa shape index (κ2) is 5.19. The molecule has 0 aromatic heterocycles. The summed E-state index contributed by atoms with van der Waals surface area (Å²) in [4.78, 5) is 0. The van der Waals surface area contributed by atoms with Gasteiger partial charge in [0.1, 0.15) is 0 Å². The second-order valence-corrected chi connectivity index (χ2v) is 6.15. The van der Waals surface area contributed by atoms with Crippen molar-refractivity contribution in [2.24, 2.45) is 5.41 Å². The van der Waals surface area contributed by atoms with Gasteiger partial charge in [0.2, 0.25) is 0 Å². The summed E-state index contributed by atoms with van der Waals surface area (Å²) in [5, 5.41) is 7.17. The summed E-state index contributed by atoms with van der Waals surface area (Å²) in [6, 6.07) is 9.27. The van der Waals surface area contributed by atoms with Crippen LogP contribution in [0.2, 0.25) is 0 Å². The van der Waals surface area contributed by atoms with E-state index in [0.29, 0.717) is 11.5 Å². The molecule has 0 aliphatic carbocycles. The van der Waals surface area contributed by atoms with Crippen molar-refractivity contribution in [3.63, 3.8) is 0 Å². The van der Waals surface area contributed by atoms with Gasteiger partial charge in [-0.3, -0.25) is 0 Å². The summed E-state index contributed by atoms with van der Waals surface area (Å²) in [5.74, 6) is 0. The molecular weight excluding hydrogens is 208 g/mol. The lowest BCUT2D eigenvalue weighted by molar-refractivity contribution is 0.360. The van der Waals surface area contributed by atoms with E-state index in [1.54, 1.807) is 0 Å². The number of hydrogen-bond acceptors (Lipinski definition) is 2. The van der Waals surface area contributed by atoms with Crippen LogP contribution >= 0.6 is 0 Å². The summed E-state index contributed by atoms with van der Waals surface area (Å²) >= 11 is 0. The van der Waals surface area contributed by atoms with Gasteiger partial charge in [-0.1, -0.05) is 45.0 Å². The largest absolute Gasteiger partial charge is 0.314 e. The van der Waals surface area contributed by atoms with Crippen LogP contribution in [-0.4, -0.2) is 19.6 Å². The maximum atomic E-state index is 3.60. The molecule has 0 amide bonds. The quantitative estimate of drug-likeness (QED) is 0.837. The molecule has 2 heteroatoms. The van der Waals surface area contributed by atoms with Gasteiger partial charge in [0.25, 0.3) is 0 Å². The lowest BCUT2D eigenvalue weighted by Crippen LogP contribution is -2.39. The summed E-state index contributed by atoms with van der Waals surface area (Å²) in [6.45, 7) is 9.98. The van der Waals surface area contributed by atoms with Gasteiger partial charge < -0.3 is 10.6 Å². The lowest BCUT2D eigenvalue weighted by atomic mass is 9.93. The number of fused-ring (bicyclic) bond motifs is 1. The Morgan fingerprint density at radius 3 is 2.82 bits per heavy atom. The van der Waals surface area contributed by atoms with Crippen molar-refractivity contribution >= 4 is 0 Å². The van der Waals surface area contributed by atoms with Crippen molar-refractivity contribution in [2.45, 2.75) is 33.2 Å². The van der Waals surface area contributed by atoms with Crippen molar-refractivity contribution in [3.05, 3.63) is 35.4 Å². The second-order valence-electron chi connectivity index (χ2n) is 6.15. The first-order valence-corrected chi connectivity index (χ1v) is 6.58. The highest BCUT2D eigenvalue weighted by molar-refractivity contribution is 5.32. The molecule has 1 aromatic carbocycles. The fourth-order valence-electron chi connectivity index (χ4n) is 2.37. The molecular formula is C15H24N2. The van der Waals surface area contributed by atoms with Crippen LogP contribution in [0.5, 0.6) is 0 Å². The van der Waals surface area contributed by atoms with E-state index in [9.17, 15) is 0 Å². The summed E-state index contributed by atoms with van der Waals surface area (Å²) in [7, 11) is 0. The van der Waals surface area contributed by atoms with Gasteiger partial charge >= 0.3 is 0 Å². The molecule has 1 aliphatic heterocycles. The zero-order chi connectivity index (χ0) is 12.3. The van der Waals surface area contributed by atoms with E-state index in [4.69, 9.17) is 0 Å². The zero-order valence-electron chi connectivity index (χ0n) is 11.2. The van der Waals surface area contributed by atoms with Crippen LogP contribution in [0.25, 0.3) is 0 Å². The lowest BCUT2D eigenvalue weighted by Gasteiger charge is -2.28. The first kappa shape index (κ1) is 12.6. The molecule has 1 aromatic rings. The monoisotopic (exact) mass is 232 g/mol. The predicted molar refractivity (Wildman–Crippen MR) is 73.2 cm³/mol. The van der Waals surface area contributed by atoms with Crippen molar-refractivity contribution in [2.75, 3.05) is 19.6 Å². The molecule has 2 nitrogen and oxygen atoms in total. The first-order chi connectivity index (χ1) is 8.06. The Bertz CT molecular complexity index is 365. The molecule has 94 valence electrons. The number of benzene rings is 1. The molecule has 1 atom stereocenters. The fourth-order valence-corrected chi connectivity index (χ4v) is 2.37. The Morgan fingerprint density at radius 1 is 1.29 bits per heavy atom. The molecule has 2 N–H and O–H groups in total. The number of nitrogens with one attached hydrogen (secondary N) is 2. The van der Waals surface area contributed by atoms with Gasteiger partial charge in [-0.05, 0) is 29.5 Å². The maximum absolute atomic E-state index is 3.60. The number of rotatable bonds is 3. The molecule has 1 heterocycles. The average Bonchev–Trinajstić information content (AvgIpc) is 2.28. The van der Waals surface area contributed by atoms with Crippen LogP contribution in [0.4, 0.5) is 0 Å². The maximum Gasteiger partial charge on any atom is 0.0449 e. The highest BCUT2D eigenvalue weighted by Gasteiger charge is 2.19. The Morgan fingerprint density at radius 2 is 2.06 bits per heavy atom. The molecule has 2 rings (SSSR count). The molecule has 1 aliphatic rings.